The highest BCUT2D eigenvalue weighted by atomic mass is 79.9. The van der Waals surface area contributed by atoms with E-state index >= 15 is 0 Å². The van der Waals surface area contributed by atoms with Gasteiger partial charge in [0.15, 0.2) is 0 Å². The molecule has 0 spiro atoms. The summed E-state index contributed by atoms with van der Waals surface area (Å²) in [4.78, 5) is 11.0. The lowest BCUT2D eigenvalue weighted by Crippen LogP contribution is -2.23. The molecule has 0 unspecified atom stereocenters. The van der Waals surface area contributed by atoms with Crippen LogP contribution in [-0.4, -0.2) is 10.6 Å². The summed E-state index contributed by atoms with van der Waals surface area (Å²) in [6.07, 6.45) is 2.89. The smallest absolute Gasteiger partial charge is 0.146 e. The summed E-state index contributed by atoms with van der Waals surface area (Å²) in [6.45, 7) is 2.20. The Morgan fingerprint density at radius 2 is 2.33 bits per heavy atom. The van der Waals surface area contributed by atoms with Gasteiger partial charge in [0.05, 0.1) is 4.83 Å². The molecule has 2 atom stereocenters. The van der Waals surface area contributed by atoms with Gasteiger partial charge in [0.1, 0.15) is 5.78 Å². The van der Waals surface area contributed by atoms with Crippen LogP contribution in [-0.2, 0) is 4.79 Å². The quantitative estimate of drug-likeness (QED) is 0.536. The van der Waals surface area contributed by atoms with E-state index in [0.29, 0.717) is 5.78 Å². The van der Waals surface area contributed by atoms with Crippen molar-refractivity contribution in [2.45, 2.75) is 31.0 Å². The minimum Gasteiger partial charge on any atom is -0.298 e. The summed E-state index contributed by atoms with van der Waals surface area (Å²) in [6, 6.07) is 0. The van der Waals surface area contributed by atoms with Crippen LogP contribution < -0.4 is 0 Å². The van der Waals surface area contributed by atoms with Gasteiger partial charge in [0.25, 0.3) is 0 Å². The van der Waals surface area contributed by atoms with Crippen LogP contribution in [0, 0.1) is 5.92 Å². The summed E-state index contributed by atoms with van der Waals surface area (Å²) in [7, 11) is 0. The molecule has 0 aromatic rings. The van der Waals surface area contributed by atoms with Crippen molar-refractivity contribution in [1.29, 1.82) is 0 Å². The second-order valence-corrected chi connectivity index (χ2v) is 3.92. The van der Waals surface area contributed by atoms with Crippen LogP contribution >= 0.6 is 15.9 Å². The van der Waals surface area contributed by atoms with Crippen LogP contribution in [0.5, 0.6) is 0 Å². The molecule has 9 heavy (non-hydrogen) atoms. The molecule has 0 aromatic carbocycles. The minimum atomic E-state index is 0.154. The highest BCUT2D eigenvalue weighted by Gasteiger charge is 2.23. The highest BCUT2D eigenvalue weighted by Crippen LogP contribution is 2.25. The van der Waals surface area contributed by atoms with Gasteiger partial charge in [0, 0.05) is 6.42 Å². The molecule has 1 saturated carbocycles. The SMILES string of the molecule is C[C@H]1CCC(=O)[C@H](Br)C1. The van der Waals surface area contributed by atoms with Gasteiger partial charge in [-0.05, 0) is 18.8 Å². The molecular formula is C7H11BrO. The molecule has 1 fully saturated rings. The molecule has 0 heterocycles. The molecular weight excluding hydrogens is 180 g/mol. The van der Waals surface area contributed by atoms with Crippen LogP contribution in [0.15, 0.2) is 0 Å². The van der Waals surface area contributed by atoms with Crippen LogP contribution in [0.2, 0.25) is 0 Å². The summed E-state index contributed by atoms with van der Waals surface area (Å²) in [5.41, 5.74) is 0. The van der Waals surface area contributed by atoms with Gasteiger partial charge in [-0.1, -0.05) is 22.9 Å². The third-order valence-corrected chi connectivity index (χ3v) is 2.73. The van der Waals surface area contributed by atoms with Gasteiger partial charge >= 0.3 is 0 Å². The molecule has 1 aliphatic carbocycles. The average Bonchev–Trinajstić information content (AvgIpc) is 1.80. The van der Waals surface area contributed by atoms with E-state index in [4.69, 9.17) is 0 Å². The Morgan fingerprint density at radius 1 is 1.67 bits per heavy atom. The molecule has 0 bridgehead atoms. The second kappa shape index (κ2) is 2.82. The van der Waals surface area contributed by atoms with Gasteiger partial charge in [-0.25, -0.2) is 0 Å². The van der Waals surface area contributed by atoms with E-state index < -0.39 is 0 Å². The molecule has 1 rings (SSSR count). The Morgan fingerprint density at radius 3 is 2.78 bits per heavy atom. The van der Waals surface area contributed by atoms with Crippen molar-refractivity contribution in [1.82, 2.24) is 0 Å². The monoisotopic (exact) mass is 190 g/mol. The number of rotatable bonds is 0. The topological polar surface area (TPSA) is 17.1 Å². The van der Waals surface area contributed by atoms with E-state index in [-0.39, 0.29) is 4.83 Å². The molecule has 2 heteroatoms. The lowest BCUT2D eigenvalue weighted by Gasteiger charge is -2.20. The number of carbonyl (C=O) groups is 1. The molecule has 1 nitrogen and oxygen atoms in total. The fraction of sp³-hybridized carbons (Fsp3) is 0.857. The van der Waals surface area contributed by atoms with Crippen molar-refractivity contribution < 1.29 is 4.79 Å². The molecule has 0 amide bonds. The first-order valence-corrected chi connectivity index (χ1v) is 4.28. The van der Waals surface area contributed by atoms with Crippen LogP contribution in [0.4, 0.5) is 0 Å². The zero-order valence-corrected chi connectivity index (χ0v) is 7.15. The number of hydrogen-bond donors (Lipinski definition) is 0. The van der Waals surface area contributed by atoms with E-state index in [2.05, 4.69) is 22.9 Å². The fourth-order valence-electron chi connectivity index (χ4n) is 1.15. The summed E-state index contributed by atoms with van der Waals surface area (Å²) >= 11 is 3.34. The first-order valence-electron chi connectivity index (χ1n) is 3.37. The van der Waals surface area contributed by atoms with Crippen molar-refractivity contribution in [3.63, 3.8) is 0 Å². The van der Waals surface area contributed by atoms with E-state index in [1.165, 1.54) is 0 Å². The molecule has 52 valence electrons. The number of hydrogen-bond acceptors (Lipinski definition) is 1. The van der Waals surface area contributed by atoms with Crippen LogP contribution in [0.3, 0.4) is 0 Å². The highest BCUT2D eigenvalue weighted by molar-refractivity contribution is 9.10. The Hall–Kier alpha value is 0.150. The fourth-order valence-corrected chi connectivity index (χ4v) is 2.01. The maximum Gasteiger partial charge on any atom is 0.146 e. The third-order valence-electron chi connectivity index (χ3n) is 1.84. The van der Waals surface area contributed by atoms with Crippen molar-refractivity contribution in [3.8, 4) is 0 Å². The number of alkyl halides is 1. The summed E-state index contributed by atoms with van der Waals surface area (Å²) in [5, 5.41) is 0. The predicted molar refractivity (Wildman–Crippen MR) is 40.7 cm³/mol. The normalized spacial score (nSPS) is 36.9. The van der Waals surface area contributed by atoms with Crippen molar-refractivity contribution in [3.05, 3.63) is 0 Å². The maximum atomic E-state index is 10.9. The second-order valence-electron chi connectivity index (χ2n) is 2.81. The van der Waals surface area contributed by atoms with E-state index in [9.17, 15) is 4.79 Å². The molecule has 1 aliphatic rings. The minimum absolute atomic E-state index is 0.154. The predicted octanol–water partition coefficient (Wildman–Crippen LogP) is 2.14. The van der Waals surface area contributed by atoms with Crippen LogP contribution in [0.1, 0.15) is 26.2 Å². The molecule has 0 saturated heterocycles. The number of ketones is 1. The lowest BCUT2D eigenvalue weighted by molar-refractivity contribution is -0.120. The molecule has 0 aromatic heterocycles. The van der Waals surface area contributed by atoms with Gasteiger partial charge < -0.3 is 0 Å². The standard InChI is InChI=1S/C7H11BrO/c1-5-2-3-7(9)6(8)4-5/h5-6H,2-4H2,1H3/t5-,6+/m0/s1. The Bertz CT molecular complexity index is 122. The first-order chi connectivity index (χ1) is 4.20. The number of carbonyl (C=O) groups excluding carboxylic acids is 1. The molecule has 0 N–H and O–H groups in total. The Balaban J connectivity index is 2.44. The first kappa shape index (κ1) is 7.26. The number of Topliss-reactive ketones (excluding diaryl/α,β-unsaturated/α-hetero) is 1. The zero-order valence-electron chi connectivity index (χ0n) is 5.56. The van der Waals surface area contributed by atoms with Crippen LogP contribution in [0.25, 0.3) is 0 Å². The zero-order chi connectivity index (χ0) is 6.85. The third kappa shape index (κ3) is 1.78. The van der Waals surface area contributed by atoms with E-state index in [0.717, 1.165) is 25.2 Å². The Labute approximate surface area is 64.0 Å². The molecule has 0 aliphatic heterocycles. The molecule has 0 radical (unpaired) electrons. The summed E-state index contributed by atoms with van der Waals surface area (Å²) in [5.74, 6) is 1.11. The average molecular weight is 191 g/mol. The van der Waals surface area contributed by atoms with Gasteiger partial charge in [-0.15, -0.1) is 0 Å². The van der Waals surface area contributed by atoms with E-state index in [1.807, 2.05) is 0 Å². The van der Waals surface area contributed by atoms with Crippen molar-refractivity contribution in [2.75, 3.05) is 0 Å². The summed E-state index contributed by atoms with van der Waals surface area (Å²) < 4.78 is 0. The maximum absolute atomic E-state index is 10.9. The van der Waals surface area contributed by atoms with Crippen molar-refractivity contribution in [2.24, 2.45) is 5.92 Å². The lowest BCUT2D eigenvalue weighted by atomic mass is 9.90. The Kier molecular flexibility index (Phi) is 2.28. The number of halogens is 1. The van der Waals surface area contributed by atoms with Gasteiger partial charge in [-0.2, -0.15) is 0 Å². The van der Waals surface area contributed by atoms with E-state index in [1.54, 1.807) is 0 Å². The largest absolute Gasteiger partial charge is 0.298 e. The van der Waals surface area contributed by atoms with Gasteiger partial charge in [-0.3, -0.25) is 4.79 Å². The van der Waals surface area contributed by atoms with Gasteiger partial charge in [0.2, 0.25) is 0 Å². The van der Waals surface area contributed by atoms with Crippen molar-refractivity contribution >= 4 is 21.7 Å².